The van der Waals surface area contributed by atoms with Crippen LogP contribution in [0.3, 0.4) is 0 Å². The van der Waals surface area contributed by atoms with Gasteiger partial charge in [0.2, 0.25) is 0 Å². The minimum absolute atomic E-state index is 0.106. The standard InChI is InChI=1S/C12H20O6/c1-15-9-16-10(13)6-11(14)7-17-12(18-8-11)4-2-3-5-12/h14H,2-9H2,1H3. The summed E-state index contributed by atoms with van der Waals surface area (Å²) in [5.41, 5.74) is -1.29. The van der Waals surface area contributed by atoms with Crippen LogP contribution in [-0.2, 0) is 23.7 Å². The average molecular weight is 260 g/mol. The van der Waals surface area contributed by atoms with E-state index in [9.17, 15) is 9.90 Å². The van der Waals surface area contributed by atoms with E-state index < -0.39 is 17.4 Å². The first-order chi connectivity index (χ1) is 8.58. The molecule has 1 aliphatic carbocycles. The molecule has 1 saturated carbocycles. The fourth-order valence-electron chi connectivity index (χ4n) is 2.36. The van der Waals surface area contributed by atoms with Crippen molar-refractivity contribution < 1.29 is 28.8 Å². The summed E-state index contributed by atoms with van der Waals surface area (Å²) in [6, 6.07) is 0. The van der Waals surface area contributed by atoms with E-state index in [0.717, 1.165) is 25.7 Å². The van der Waals surface area contributed by atoms with Crippen molar-refractivity contribution in [3.05, 3.63) is 0 Å². The number of rotatable bonds is 4. The predicted molar refractivity (Wildman–Crippen MR) is 60.6 cm³/mol. The molecule has 0 radical (unpaired) electrons. The molecule has 18 heavy (non-hydrogen) atoms. The van der Waals surface area contributed by atoms with Gasteiger partial charge in [0.05, 0.1) is 19.6 Å². The molecule has 6 heteroatoms. The Kier molecular flexibility index (Phi) is 4.21. The van der Waals surface area contributed by atoms with Gasteiger partial charge in [0.15, 0.2) is 12.6 Å². The third kappa shape index (κ3) is 3.20. The molecular formula is C12H20O6. The van der Waals surface area contributed by atoms with Crippen LogP contribution in [-0.4, -0.2) is 49.6 Å². The van der Waals surface area contributed by atoms with E-state index in [-0.39, 0.29) is 26.4 Å². The Morgan fingerprint density at radius 3 is 2.44 bits per heavy atom. The molecule has 0 unspecified atom stereocenters. The van der Waals surface area contributed by atoms with Gasteiger partial charge in [-0.1, -0.05) is 0 Å². The minimum atomic E-state index is -1.29. The maximum Gasteiger partial charge on any atom is 0.311 e. The Morgan fingerprint density at radius 2 is 1.89 bits per heavy atom. The number of hydrogen-bond acceptors (Lipinski definition) is 6. The molecular weight excluding hydrogens is 240 g/mol. The molecule has 1 saturated heterocycles. The van der Waals surface area contributed by atoms with Gasteiger partial charge in [0.25, 0.3) is 0 Å². The van der Waals surface area contributed by atoms with Crippen LogP contribution in [0, 0.1) is 0 Å². The fraction of sp³-hybridized carbons (Fsp3) is 0.917. The Hall–Kier alpha value is -0.690. The molecule has 0 amide bonds. The highest BCUT2D eigenvalue weighted by molar-refractivity contribution is 5.70. The van der Waals surface area contributed by atoms with Gasteiger partial charge in [-0.3, -0.25) is 4.79 Å². The second-order valence-corrected chi connectivity index (χ2v) is 5.02. The summed E-state index contributed by atoms with van der Waals surface area (Å²) in [5, 5.41) is 10.2. The van der Waals surface area contributed by atoms with Crippen LogP contribution in [0.4, 0.5) is 0 Å². The van der Waals surface area contributed by atoms with E-state index in [4.69, 9.17) is 14.2 Å². The van der Waals surface area contributed by atoms with E-state index in [2.05, 4.69) is 4.74 Å². The molecule has 1 spiro atoms. The molecule has 1 N–H and O–H groups in total. The summed E-state index contributed by atoms with van der Waals surface area (Å²) in [6.07, 6.45) is 3.73. The zero-order chi connectivity index (χ0) is 13.1. The van der Waals surface area contributed by atoms with Gasteiger partial charge in [-0.25, -0.2) is 0 Å². The summed E-state index contributed by atoms with van der Waals surface area (Å²) in [5.74, 6) is -1.04. The highest BCUT2D eigenvalue weighted by Gasteiger charge is 2.46. The lowest BCUT2D eigenvalue weighted by atomic mass is 10.00. The molecule has 0 atom stereocenters. The second kappa shape index (κ2) is 5.52. The molecule has 0 aromatic heterocycles. The van der Waals surface area contributed by atoms with Crippen LogP contribution in [0.1, 0.15) is 32.1 Å². The molecule has 2 aliphatic rings. The van der Waals surface area contributed by atoms with Crippen molar-refractivity contribution in [1.82, 2.24) is 0 Å². The van der Waals surface area contributed by atoms with Crippen molar-refractivity contribution in [1.29, 1.82) is 0 Å². The molecule has 0 bridgehead atoms. The maximum absolute atomic E-state index is 11.4. The highest BCUT2D eigenvalue weighted by Crippen LogP contribution is 2.38. The normalized spacial score (nSPS) is 25.2. The van der Waals surface area contributed by atoms with Crippen molar-refractivity contribution in [3.63, 3.8) is 0 Å². The second-order valence-electron chi connectivity index (χ2n) is 5.02. The van der Waals surface area contributed by atoms with Crippen LogP contribution in [0.5, 0.6) is 0 Å². The van der Waals surface area contributed by atoms with Crippen molar-refractivity contribution in [3.8, 4) is 0 Å². The molecule has 0 aromatic rings. The lowest BCUT2D eigenvalue weighted by Crippen LogP contribution is -2.53. The Balaban J connectivity index is 1.81. The Bertz CT molecular complexity index is 287. The lowest BCUT2D eigenvalue weighted by Gasteiger charge is -2.41. The molecule has 0 aromatic carbocycles. The molecule has 1 aliphatic heterocycles. The Labute approximate surface area is 106 Å². The van der Waals surface area contributed by atoms with Crippen molar-refractivity contribution in [2.45, 2.75) is 43.5 Å². The zero-order valence-electron chi connectivity index (χ0n) is 10.6. The summed E-state index contributed by atoms with van der Waals surface area (Å²) < 4.78 is 20.6. The first-order valence-electron chi connectivity index (χ1n) is 6.22. The van der Waals surface area contributed by atoms with E-state index in [1.54, 1.807) is 0 Å². The number of carbonyl (C=O) groups is 1. The summed E-state index contributed by atoms with van der Waals surface area (Å²) in [6.45, 7) is 0.102. The van der Waals surface area contributed by atoms with Gasteiger partial charge >= 0.3 is 5.97 Å². The van der Waals surface area contributed by atoms with Crippen LogP contribution in [0.15, 0.2) is 0 Å². The number of ether oxygens (including phenoxy) is 4. The van der Waals surface area contributed by atoms with Gasteiger partial charge in [-0.2, -0.15) is 0 Å². The summed E-state index contributed by atoms with van der Waals surface area (Å²) >= 11 is 0. The number of esters is 1. The van der Waals surface area contributed by atoms with Crippen molar-refractivity contribution in [2.75, 3.05) is 27.1 Å². The van der Waals surface area contributed by atoms with E-state index in [1.165, 1.54) is 7.11 Å². The van der Waals surface area contributed by atoms with Crippen LogP contribution in [0.25, 0.3) is 0 Å². The van der Waals surface area contributed by atoms with Crippen LogP contribution in [0.2, 0.25) is 0 Å². The van der Waals surface area contributed by atoms with Gasteiger partial charge in [-0.05, 0) is 12.8 Å². The van der Waals surface area contributed by atoms with E-state index in [1.807, 2.05) is 0 Å². The predicted octanol–water partition coefficient (Wildman–Crippen LogP) is 0.572. The first kappa shape index (κ1) is 13.7. The minimum Gasteiger partial charge on any atom is -0.438 e. The molecule has 2 fully saturated rings. The van der Waals surface area contributed by atoms with Crippen molar-refractivity contribution in [2.24, 2.45) is 0 Å². The quantitative estimate of drug-likeness (QED) is 0.588. The third-order valence-electron chi connectivity index (χ3n) is 3.38. The van der Waals surface area contributed by atoms with Gasteiger partial charge in [0.1, 0.15) is 5.60 Å². The van der Waals surface area contributed by atoms with E-state index in [0.29, 0.717) is 0 Å². The Morgan fingerprint density at radius 1 is 1.28 bits per heavy atom. The molecule has 104 valence electrons. The van der Waals surface area contributed by atoms with Crippen LogP contribution >= 0.6 is 0 Å². The fourth-order valence-corrected chi connectivity index (χ4v) is 2.36. The van der Waals surface area contributed by atoms with Gasteiger partial charge in [0, 0.05) is 20.0 Å². The molecule has 2 rings (SSSR count). The average Bonchev–Trinajstić information content (AvgIpc) is 2.80. The third-order valence-corrected chi connectivity index (χ3v) is 3.38. The van der Waals surface area contributed by atoms with Gasteiger partial charge in [-0.15, -0.1) is 0 Å². The summed E-state index contributed by atoms with van der Waals surface area (Å²) in [4.78, 5) is 11.4. The number of aliphatic hydroxyl groups is 1. The lowest BCUT2D eigenvalue weighted by molar-refractivity contribution is -0.315. The highest BCUT2D eigenvalue weighted by atomic mass is 16.7. The topological polar surface area (TPSA) is 74.2 Å². The van der Waals surface area contributed by atoms with Crippen LogP contribution < -0.4 is 0 Å². The summed E-state index contributed by atoms with van der Waals surface area (Å²) in [7, 11) is 1.43. The largest absolute Gasteiger partial charge is 0.438 e. The smallest absolute Gasteiger partial charge is 0.311 e. The number of carbonyl (C=O) groups excluding carboxylic acids is 1. The van der Waals surface area contributed by atoms with Crippen molar-refractivity contribution >= 4 is 5.97 Å². The maximum atomic E-state index is 11.4. The number of hydrogen-bond donors (Lipinski definition) is 1. The molecule has 1 heterocycles. The SMILES string of the molecule is COCOC(=O)CC1(O)COC2(CCCC2)OC1. The van der Waals surface area contributed by atoms with E-state index >= 15 is 0 Å². The molecule has 6 nitrogen and oxygen atoms in total. The first-order valence-corrected chi connectivity index (χ1v) is 6.22. The number of methoxy groups -OCH3 is 1. The van der Waals surface area contributed by atoms with Gasteiger partial charge < -0.3 is 24.1 Å². The monoisotopic (exact) mass is 260 g/mol. The zero-order valence-corrected chi connectivity index (χ0v) is 10.6.